The van der Waals surface area contributed by atoms with Crippen molar-refractivity contribution in [2.24, 2.45) is 11.7 Å². The monoisotopic (exact) mass is 324 g/mol. The zero-order valence-corrected chi connectivity index (χ0v) is 12.8. The van der Waals surface area contributed by atoms with Gasteiger partial charge in [0.15, 0.2) is 0 Å². The fourth-order valence-electron chi connectivity index (χ4n) is 2.03. The van der Waals surface area contributed by atoms with Crippen molar-refractivity contribution < 1.29 is 9.53 Å². The maximum absolute atomic E-state index is 11.9. The predicted octanol–water partition coefficient (Wildman–Crippen LogP) is 2.19. The third-order valence-corrected chi connectivity index (χ3v) is 4.37. The van der Waals surface area contributed by atoms with Gasteiger partial charge in [-0.25, -0.2) is 0 Å². The van der Waals surface area contributed by atoms with Crippen molar-refractivity contribution in [3.05, 3.63) is 21.3 Å². The number of rotatable bonds is 4. The molecule has 0 aromatic carbocycles. The van der Waals surface area contributed by atoms with Crippen LogP contribution >= 0.6 is 35.3 Å². The van der Waals surface area contributed by atoms with E-state index >= 15 is 0 Å². The van der Waals surface area contributed by atoms with E-state index < -0.39 is 6.04 Å². The summed E-state index contributed by atoms with van der Waals surface area (Å²) in [5.41, 5.74) is 5.97. The molecular weight excluding hydrogens is 307 g/mol. The van der Waals surface area contributed by atoms with Gasteiger partial charge in [-0.2, -0.15) is 0 Å². The Morgan fingerprint density at radius 2 is 2.21 bits per heavy atom. The number of thiophene rings is 1. The fraction of sp³-hybridized carbons (Fsp3) is 0.583. The molecule has 0 saturated carbocycles. The van der Waals surface area contributed by atoms with Crippen molar-refractivity contribution in [2.45, 2.75) is 25.4 Å². The zero-order valence-electron chi connectivity index (χ0n) is 10.4. The van der Waals surface area contributed by atoms with Crippen LogP contribution in [0.2, 0.25) is 4.34 Å². The highest BCUT2D eigenvalue weighted by atomic mass is 35.5. The van der Waals surface area contributed by atoms with E-state index in [1.807, 2.05) is 12.1 Å². The summed E-state index contributed by atoms with van der Waals surface area (Å²) in [5, 5.41) is 2.86. The number of nitrogens with two attached hydrogens (primary N) is 1. The van der Waals surface area contributed by atoms with Gasteiger partial charge in [0.1, 0.15) is 0 Å². The number of ether oxygens (including phenoxy) is 1. The Balaban J connectivity index is 0.00000180. The van der Waals surface area contributed by atoms with Gasteiger partial charge in [-0.3, -0.25) is 4.79 Å². The molecule has 108 valence electrons. The molecule has 2 rings (SSSR count). The summed E-state index contributed by atoms with van der Waals surface area (Å²) in [7, 11) is 0. The zero-order chi connectivity index (χ0) is 13.0. The summed E-state index contributed by atoms with van der Waals surface area (Å²) in [6.07, 6.45) is 1.72. The molecule has 1 saturated heterocycles. The lowest BCUT2D eigenvalue weighted by Gasteiger charge is -2.26. The van der Waals surface area contributed by atoms with Crippen LogP contribution in [-0.2, 0) is 16.1 Å². The average molecular weight is 325 g/mol. The van der Waals surface area contributed by atoms with E-state index in [2.05, 4.69) is 5.32 Å². The normalized spacial score (nSPS) is 17.6. The molecule has 0 radical (unpaired) electrons. The van der Waals surface area contributed by atoms with Crippen LogP contribution in [0.25, 0.3) is 0 Å². The van der Waals surface area contributed by atoms with E-state index in [0.29, 0.717) is 19.8 Å². The summed E-state index contributed by atoms with van der Waals surface area (Å²) >= 11 is 7.29. The first-order chi connectivity index (χ1) is 8.66. The minimum atomic E-state index is -0.440. The van der Waals surface area contributed by atoms with E-state index in [-0.39, 0.29) is 24.2 Å². The lowest BCUT2D eigenvalue weighted by atomic mass is 9.92. The highest BCUT2D eigenvalue weighted by Crippen LogP contribution is 2.21. The van der Waals surface area contributed by atoms with Crippen LogP contribution in [-0.4, -0.2) is 25.2 Å². The molecule has 19 heavy (non-hydrogen) atoms. The van der Waals surface area contributed by atoms with E-state index in [1.54, 1.807) is 0 Å². The number of hydrogen-bond donors (Lipinski definition) is 2. The minimum absolute atomic E-state index is 0. The number of hydrogen-bond acceptors (Lipinski definition) is 4. The van der Waals surface area contributed by atoms with Crippen LogP contribution in [0.1, 0.15) is 17.7 Å². The van der Waals surface area contributed by atoms with Crippen LogP contribution in [0, 0.1) is 5.92 Å². The molecule has 0 spiro atoms. The van der Waals surface area contributed by atoms with Crippen molar-refractivity contribution in [1.82, 2.24) is 5.32 Å². The van der Waals surface area contributed by atoms with Gasteiger partial charge in [0, 0.05) is 18.1 Å². The summed E-state index contributed by atoms with van der Waals surface area (Å²) in [6.45, 7) is 1.89. The number of nitrogens with one attached hydrogen (secondary N) is 1. The molecule has 1 aliphatic heterocycles. The molecule has 1 unspecified atom stereocenters. The standard InChI is InChI=1S/C12H17ClN2O2S.ClH/c13-10-2-1-9(18-10)7-15-12(16)11(14)8-3-5-17-6-4-8;/h1-2,8,11H,3-7,14H2,(H,15,16);1H. The summed E-state index contributed by atoms with van der Waals surface area (Å²) in [4.78, 5) is 13.0. The van der Waals surface area contributed by atoms with Gasteiger partial charge in [0.25, 0.3) is 0 Å². The topological polar surface area (TPSA) is 64.4 Å². The summed E-state index contributed by atoms with van der Waals surface area (Å²) in [6, 6.07) is 3.30. The Hall–Kier alpha value is -0.330. The third kappa shape index (κ3) is 4.93. The molecule has 1 fully saturated rings. The van der Waals surface area contributed by atoms with Gasteiger partial charge < -0.3 is 15.8 Å². The van der Waals surface area contributed by atoms with E-state index in [4.69, 9.17) is 22.1 Å². The molecule has 3 N–H and O–H groups in total. The SMILES string of the molecule is Cl.NC(C(=O)NCc1ccc(Cl)s1)C1CCOCC1. The first-order valence-electron chi connectivity index (χ1n) is 6.02. The lowest BCUT2D eigenvalue weighted by Crippen LogP contribution is -2.46. The van der Waals surface area contributed by atoms with Crippen molar-refractivity contribution in [3.8, 4) is 0 Å². The van der Waals surface area contributed by atoms with Crippen LogP contribution in [0.3, 0.4) is 0 Å². The van der Waals surface area contributed by atoms with Crippen molar-refractivity contribution in [2.75, 3.05) is 13.2 Å². The molecule has 4 nitrogen and oxygen atoms in total. The van der Waals surface area contributed by atoms with Gasteiger partial charge >= 0.3 is 0 Å². The maximum Gasteiger partial charge on any atom is 0.237 e. The van der Waals surface area contributed by atoms with Crippen molar-refractivity contribution in [1.29, 1.82) is 0 Å². The first kappa shape index (κ1) is 16.7. The quantitative estimate of drug-likeness (QED) is 0.892. The number of carbonyl (C=O) groups excluding carboxylic acids is 1. The minimum Gasteiger partial charge on any atom is -0.381 e. The number of halogens is 2. The molecule has 1 aromatic heterocycles. The molecule has 0 bridgehead atoms. The van der Waals surface area contributed by atoms with E-state index in [1.165, 1.54) is 11.3 Å². The molecule has 0 aliphatic carbocycles. The van der Waals surface area contributed by atoms with Gasteiger partial charge in [-0.1, -0.05) is 11.6 Å². The Kier molecular flexibility index (Phi) is 7.10. The summed E-state index contributed by atoms with van der Waals surface area (Å²) < 4.78 is 5.99. The maximum atomic E-state index is 11.9. The van der Waals surface area contributed by atoms with Gasteiger partial charge in [-0.15, -0.1) is 23.7 Å². The molecule has 1 atom stereocenters. The summed E-state index contributed by atoms with van der Waals surface area (Å²) in [5.74, 6) is 0.136. The Labute approximate surface area is 128 Å². The van der Waals surface area contributed by atoms with Gasteiger partial charge in [0.05, 0.1) is 16.9 Å². The Bertz CT molecular complexity index is 408. The smallest absolute Gasteiger partial charge is 0.237 e. The highest BCUT2D eigenvalue weighted by molar-refractivity contribution is 7.16. The van der Waals surface area contributed by atoms with Gasteiger partial charge in [-0.05, 0) is 30.9 Å². The van der Waals surface area contributed by atoms with Crippen molar-refractivity contribution in [3.63, 3.8) is 0 Å². The predicted molar refractivity (Wildman–Crippen MR) is 79.9 cm³/mol. The molecule has 1 aliphatic rings. The van der Waals surface area contributed by atoms with Crippen LogP contribution in [0.4, 0.5) is 0 Å². The number of carbonyl (C=O) groups is 1. The fourth-order valence-corrected chi connectivity index (χ4v) is 3.06. The molecule has 2 heterocycles. The second-order valence-corrected chi connectivity index (χ2v) is 6.20. The van der Waals surface area contributed by atoms with E-state index in [9.17, 15) is 4.79 Å². The second kappa shape index (κ2) is 8.07. The van der Waals surface area contributed by atoms with Crippen LogP contribution in [0.15, 0.2) is 12.1 Å². The van der Waals surface area contributed by atoms with Crippen LogP contribution in [0.5, 0.6) is 0 Å². The number of amides is 1. The first-order valence-corrected chi connectivity index (χ1v) is 7.21. The molecule has 1 aromatic rings. The lowest BCUT2D eigenvalue weighted by molar-refractivity contribution is -0.124. The molecular formula is C12H18Cl2N2O2S. The average Bonchev–Trinajstić information content (AvgIpc) is 2.82. The second-order valence-electron chi connectivity index (χ2n) is 4.40. The van der Waals surface area contributed by atoms with Crippen molar-refractivity contribution >= 4 is 41.3 Å². The largest absolute Gasteiger partial charge is 0.381 e. The van der Waals surface area contributed by atoms with E-state index in [0.717, 1.165) is 22.1 Å². The molecule has 1 amide bonds. The third-order valence-electron chi connectivity index (χ3n) is 3.14. The van der Waals surface area contributed by atoms with Gasteiger partial charge in [0.2, 0.25) is 5.91 Å². The molecule has 7 heteroatoms. The Morgan fingerprint density at radius 1 is 1.53 bits per heavy atom. The Morgan fingerprint density at radius 3 is 2.79 bits per heavy atom. The highest BCUT2D eigenvalue weighted by Gasteiger charge is 2.26. The van der Waals surface area contributed by atoms with Crippen LogP contribution < -0.4 is 11.1 Å².